The van der Waals surface area contributed by atoms with Gasteiger partial charge in [-0.25, -0.2) is 0 Å². The highest BCUT2D eigenvalue weighted by atomic mass is 16.6. The number of amides is 1. The van der Waals surface area contributed by atoms with E-state index in [-0.39, 0.29) is 22.8 Å². The summed E-state index contributed by atoms with van der Waals surface area (Å²) in [7, 11) is 7.53. The number of aromatic nitrogens is 1. The molecule has 0 unspecified atom stereocenters. The van der Waals surface area contributed by atoms with E-state index in [0.29, 0.717) is 12.6 Å². The molecule has 43 heavy (non-hydrogen) atoms. The van der Waals surface area contributed by atoms with Gasteiger partial charge in [-0.3, -0.25) is 9.69 Å². The molecule has 7 heteroatoms. The Labute approximate surface area is 253 Å². The number of carbonyl (C=O) groups excluding carboxylic acids is 1. The fourth-order valence-electron chi connectivity index (χ4n) is 10.3. The molecule has 10 rings (SSSR count). The average Bonchev–Trinajstić information content (AvgIpc) is 3.69. The quantitative estimate of drug-likeness (QED) is 0.395. The lowest BCUT2D eigenvalue weighted by Gasteiger charge is -2.70. The minimum absolute atomic E-state index is 0.0489. The predicted octanol–water partition coefficient (Wildman–Crippen LogP) is 4.99. The number of ether oxygens (including phenoxy) is 3. The smallest absolute Gasteiger partial charge is 0.252 e. The first-order valence-electron chi connectivity index (χ1n) is 16.0. The zero-order chi connectivity index (χ0) is 29.3. The van der Waals surface area contributed by atoms with E-state index in [1.54, 1.807) is 14.2 Å². The fraction of sp³-hybridized carbons (Fsp3) is 0.528. The molecule has 7 nitrogen and oxygen atoms in total. The van der Waals surface area contributed by atoms with Gasteiger partial charge in [-0.15, -0.1) is 0 Å². The molecular weight excluding hydrogens is 538 g/mol. The molecule has 2 spiro atoms. The maximum atomic E-state index is 14.7. The second-order valence-electron chi connectivity index (χ2n) is 14.1. The number of piperidine rings is 1. The van der Waals surface area contributed by atoms with Crippen LogP contribution in [0.4, 0.5) is 0 Å². The van der Waals surface area contributed by atoms with E-state index in [1.807, 2.05) is 11.9 Å². The van der Waals surface area contributed by atoms with Gasteiger partial charge in [0.15, 0.2) is 11.5 Å². The Bertz CT molecular complexity index is 1720. The van der Waals surface area contributed by atoms with Crippen LogP contribution < -0.4 is 9.47 Å². The van der Waals surface area contributed by atoms with Gasteiger partial charge < -0.3 is 23.7 Å². The Morgan fingerprint density at radius 1 is 1.12 bits per heavy atom. The van der Waals surface area contributed by atoms with Crippen molar-refractivity contribution in [3.05, 3.63) is 70.9 Å². The van der Waals surface area contributed by atoms with E-state index in [4.69, 9.17) is 14.2 Å². The molecule has 0 radical (unpaired) electrons. The topological polar surface area (TPSA) is 56.2 Å². The van der Waals surface area contributed by atoms with Gasteiger partial charge in [-0.2, -0.15) is 0 Å². The molecule has 7 aliphatic rings. The first-order chi connectivity index (χ1) is 20.9. The molecule has 3 heterocycles. The van der Waals surface area contributed by atoms with E-state index < -0.39 is 5.60 Å². The molecule has 5 atom stereocenters. The maximum absolute atomic E-state index is 14.7. The molecule has 2 aliphatic heterocycles. The summed E-state index contributed by atoms with van der Waals surface area (Å²) in [6, 6.07) is 13.1. The number of carbonyl (C=O) groups is 1. The minimum Gasteiger partial charge on any atom is -0.493 e. The Morgan fingerprint density at radius 3 is 2.74 bits per heavy atom. The third-order valence-corrected chi connectivity index (χ3v) is 12.3. The highest BCUT2D eigenvalue weighted by Crippen LogP contribution is 2.75. The van der Waals surface area contributed by atoms with E-state index in [0.717, 1.165) is 60.8 Å². The number of benzene rings is 2. The molecule has 3 aromatic rings. The van der Waals surface area contributed by atoms with Crippen LogP contribution >= 0.6 is 0 Å². The average molecular weight is 580 g/mol. The minimum atomic E-state index is -0.812. The first-order valence-corrected chi connectivity index (χ1v) is 16.0. The zero-order valence-corrected chi connectivity index (χ0v) is 25.7. The summed E-state index contributed by atoms with van der Waals surface area (Å²) in [4.78, 5) is 19.4. The van der Waals surface area contributed by atoms with E-state index in [9.17, 15) is 4.79 Å². The summed E-state index contributed by atoms with van der Waals surface area (Å²) in [6.45, 7) is 2.77. The van der Waals surface area contributed by atoms with Crippen molar-refractivity contribution in [2.75, 3.05) is 34.4 Å². The third kappa shape index (κ3) is 3.10. The lowest BCUT2D eigenvalue weighted by Crippen LogP contribution is -2.78. The molecule has 2 saturated carbocycles. The third-order valence-electron chi connectivity index (χ3n) is 12.3. The SMILES string of the molecule is COc1ccc2c3c1O[C@@H]1[C@]34CCN(CC3CC3)[C@H](C2)[C@@]42C=C(C(=O)N(C)Cc3cn(C)c4ccccc34)[C@]1(OC)CC2. The van der Waals surface area contributed by atoms with Crippen molar-refractivity contribution < 1.29 is 19.0 Å². The maximum Gasteiger partial charge on any atom is 0.252 e. The van der Waals surface area contributed by atoms with Gasteiger partial charge in [-0.1, -0.05) is 30.3 Å². The lowest BCUT2D eigenvalue weighted by molar-refractivity contribution is -0.198. The Kier molecular flexibility index (Phi) is 5.27. The highest BCUT2D eigenvalue weighted by Gasteiger charge is 2.79. The molecule has 1 amide bonds. The summed E-state index contributed by atoms with van der Waals surface area (Å²) in [6.07, 6.45) is 10.8. The van der Waals surface area contributed by atoms with Crippen LogP contribution in [0, 0.1) is 11.3 Å². The summed E-state index contributed by atoms with van der Waals surface area (Å²) in [5, 5.41) is 1.19. The van der Waals surface area contributed by atoms with Gasteiger partial charge >= 0.3 is 0 Å². The van der Waals surface area contributed by atoms with Crippen molar-refractivity contribution in [3.8, 4) is 11.5 Å². The Balaban J connectivity index is 1.19. The number of methoxy groups -OCH3 is 2. The molecule has 224 valence electrons. The normalized spacial score (nSPS) is 33.3. The molecule has 1 saturated heterocycles. The van der Waals surface area contributed by atoms with Crippen molar-refractivity contribution in [1.82, 2.24) is 14.4 Å². The van der Waals surface area contributed by atoms with Crippen molar-refractivity contribution in [1.29, 1.82) is 0 Å². The number of hydrogen-bond donors (Lipinski definition) is 0. The number of nitrogens with zero attached hydrogens (tertiary/aromatic N) is 3. The summed E-state index contributed by atoms with van der Waals surface area (Å²) in [5.74, 6) is 2.55. The lowest BCUT2D eigenvalue weighted by atomic mass is 9.37. The number of fused-ring (bicyclic) bond motifs is 2. The fourth-order valence-corrected chi connectivity index (χ4v) is 10.3. The second kappa shape index (κ2) is 8.66. The highest BCUT2D eigenvalue weighted by molar-refractivity contribution is 5.97. The van der Waals surface area contributed by atoms with Gasteiger partial charge in [0.2, 0.25) is 0 Å². The van der Waals surface area contributed by atoms with Gasteiger partial charge in [0.05, 0.1) is 12.5 Å². The summed E-state index contributed by atoms with van der Waals surface area (Å²) in [5.41, 5.74) is 4.64. The zero-order valence-electron chi connectivity index (χ0n) is 25.7. The van der Waals surface area contributed by atoms with E-state index in [1.165, 1.54) is 41.4 Å². The predicted molar refractivity (Wildman–Crippen MR) is 164 cm³/mol. The number of likely N-dealkylation sites (N-methyl/N-ethyl adjacent to an activating group) is 1. The molecule has 2 aromatic carbocycles. The van der Waals surface area contributed by atoms with Crippen molar-refractivity contribution >= 4 is 16.8 Å². The molecule has 1 aromatic heterocycles. The van der Waals surface area contributed by atoms with Crippen LogP contribution in [0.25, 0.3) is 10.9 Å². The molecule has 5 aliphatic carbocycles. The monoisotopic (exact) mass is 579 g/mol. The van der Waals surface area contributed by atoms with Crippen LogP contribution in [0.2, 0.25) is 0 Å². The van der Waals surface area contributed by atoms with Crippen molar-refractivity contribution in [2.24, 2.45) is 18.4 Å². The van der Waals surface area contributed by atoms with Crippen LogP contribution in [0.1, 0.15) is 48.8 Å². The molecule has 4 bridgehead atoms. The van der Waals surface area contributed by atoms with E-state index in [2.05, 4.69) is 65.2 Å². The number of hydrogen-bond acceptors (Lipinski definition) is 5. The van der Waals surface area contributed by atoms with Gasteiger partial charge in [0, 0.05) is 74.0 Å². The van der Waals surface area contributed by atoms with Gasteiger partial charge in [0.25, 0.3) is 5.91 Å². The van der Waals surface area contributed by atoms with E-state index >= 15 is 0 Å². The Morgan fingerprint density at radius 2 is 1.95 bits per heavy atom. The number of para-hydroxylation sites is 1. The van der Waals surface area contributed by atoms with Gasteiger partial charge in [-0.05, 0) is 74.2 Å². The second-order valence-corrected chi connectivity index (χ2v) is 14.1. The number of rotatable bonds is 7. The Hall–Kier alpha value is -3.29. The van der Waals surface area contributed by atoms with Crippen LogP contribution in [-0.2, 0) is 35.0 Å². The number of aryl methyl sites for hydroxylation is 1. The van der Waals surface area contributed by atoms with Crippen molar-refractivity contribution in [3.63, 3.8) is 0 Å². The summed E-state index contributed by atoms with van der Waals surface area (Å²) >= 11 is 0. The van der Waals surface area contributed by atoms with Crippen LogP contribution in [0.3, 0.4) is 0 Å². The molecule has 3 fully saturated rings. The largest absolute Gasteiger partial charge is 0.493 e. The first kappa shape index (κ1) is 26.1. The summed E-state index contributed by atoms with van der Waals surface area (Å²) < 4.78 is 21.7. The van der Waals surface area contributed by atoms with Crippen LogP contribution in [-0.4, -0.2) is 72.4 Å². The van der Waals surface area contributed by atoms with Crippen molar-refractivity contribution in [2.45, 2.75) is 68.2 Å². The van der Waals surface area contributed by atoms with Crippen LogP contribution in [0.15, 0.2) is 54.2 Å². The number of likely N-dealkylation sites (tertiary alicyclic amines) is 1. The standard InChI is InChI=1S/C36H41N3O4/c1-37-20-24(25-7-5-6-8-27(25)37)21-38(2)32(40)26-18-34-13-14-36(26,42-4)33-35(34)15-16-39(19-22-9-10-22)29(34)17-23-11-12-28(41-3)31(43-33)30(23)35/h5-8,11-12,18,20,22,29,33H,9-10,13-17,19,21H2,1-4H3/t29-,33-,34-,35+,36-/m1/s1. The van der Waals surface area contributed by atoms with Crippen LogP contribution in [0.5, 0.6) is 11.5 Å². The van der Waals surface area contributed by atoms with Gasteiger partial charge in [0.1, 0.15) is 11.7 Å². The molecule has 0 N–H and O–H groups in total. The molecular formula is C36H41N3O4.